The van der Waals surface area contributed by atoms with E-state index in [1.807, 2.05) is 0 Å². The average molecular weight is 564 g/mol. The zero-order valence-corrected chi connectivity index (χ0v) is 24.9. The summed E-state index contributed by atoms with van der Waals surface area (Å²) in [5, 5.41) is 0. The fraction of sp³-hybridized carbons (Fsp3) is 0.438. The Bertz CT molecular complexity index is 1490. The number of hydrogen-bond donors (Lipinski definition) is 0. The van der Waals surface area contributed by atoms with Gasteiger partial charge in [-0.1, -0.05) is 52.0 Å². The second kappa shape index (κ2) is 9.91. The number of carbonyl (C=O) groups excluding carboxylic acids is 2. The molecule has 2 aromatic carbocycles. The molecule has 3 aliphatic rings. The number of ether oxygens (including phenoxy) is 1. The molecule has 0 saturated carbocycles. The van der Waals surface area contributed by atoms with Gasteiger partial charge in [0, 0.05) is 47.8 Å². The summed E-state index contributed by atoms with van der Waals surface area (Å²) in [6.07, 6.45) is 2.26. The molecule has 0 radical (unpaired) electrons. The number of carbonyl (C=O) groups is 2. The third kappa shape index (κ3) is 4.98. The first-order valence-corrected chi connectivity index (χ1v) is 15.2. The second-order valence-electron chi connectivity index (χ2n) is 12.5. The number of methoxy groups -OCH3 is 1. The number of allylic oxidation sites excluding steroid dienone is 4. The Kier molecular flexibility index (Phi) is 6.97. The normalized spacial score (nSPS) is 20.8. The van der Waals surface area contributed by atoms with Crippen molar-refractivity contribution in [3.05, 3.63) is 76.6 Å². The molecule has 5 rings (SSSR count). The summed E-state index contributed by atoms with van der Waals surface area (Å²) < 4.78 is 36.9. The van der Waals surface area contributed by atoms with Crippen LogP contribution in [-0.4, -0.2) is 38.5 Å². The third-order valence-corrected chi connectivity index (χ3v) is 9.34. The van der Waals surface area contributed by atoms with Crippen molar-refractivity contribution in [2.75, 3.05) is 13.7 Å². The standard InChI is InChI=1S/C32H37NO6S/c1-7-33-22-16-31(2,3)18-24(34)29(22)28(30-23(33)17-32(4,5)19-25(30)35)20-13-14-26(27(15-20)38-6)39-40(36,37)21-11-9-8-10-12-21/h8-15,28H,7,16-19H2,1-6H3. The van der Waals surface area contributed by atoms with E-state index in [0.717, 1.165) is 24.2 Å². The molecule has 1 aliphatic heterocycles. The van der Waals surface area contributed by atoms with Crippen LogP contribution in [0.5, 0.6) is 11.5 Å². The molecule has 0 aromatic heterocycles. The minimum Gasteiger partial charge on any atom is -0.493 e. The van der Waals surface area contributed by atoms with E-state index in [0.29, 0.717) is 36.1 Å². The topological polar surface area (TPSA) is 90.0 Å². The first-order chi connectivity index (χ1) is 18.8. The molecule has 0 atom stereocenters. The summed E-state index contributed by atoms with van der Waals surface area (Å²) in [6.45, 7) is 11.2. The molecular formula is C32H37NO6S. The van der Waals surface area contributed by atoms with Gasteiger partial charge in [-0.25, -0.2) is 0 Å². The number of rotatable bonds is 6. The molecule has 212 valence electrons. The van der Waals surface area contributed by atoms with E-state index in [1.165, 1.54) is 19.2 Å². The fourth-order valence-electron chi connectivity index (χ4n) is 6.45. The Hall–Kier alpha value is -3.39. The summed E-state index contributed by atoms with van der Waals surface area (Å²) in [7, 11) is -2.65. The molecule has 0 spiro atoms. The van der Waals surface area contributed by atoms with Crippen molar-refractivity contribution in [3.63, 3.8) is 0 Å². The first-order valence-electron chi connectivity index (χ1n) is 13.7. The maximum Gasteiger partial charge on any atom is 0.339 e. The molecule has 7 nitrogen and oxygen atoms in total. The predicted octanol–water partition coefficient (Wildman–Crippen LogP) is 6.17. The van der Waals surface area contributed by atoms with E-state index in [2.05, 4.69) is 39.5 Å². The molecular weight excluding hydrogens is 526 g/mol. The molecule has 8 heteroatoms. The average Bonchev–Trinajstić information content (AvgIpc) is 2.87. The Labute approximate surface area is 237 Å². The molecule has 40 heavy (non-hydrogen) atoms. The lowest BCUT2D eigenvalue weighted by atomic mass is 9.63. The maximum absolute atomic E-state index is 13.8. The van der Waals surface area contributed by atoms with Crippen molar-refractivity contribution in [1.29, 1.82) is 0 Å². The Morgan fingerprint density at radius 2 is 1.38 bits per heavy atom. The summed E-state index contributed by atoms with van der Waals surface area (Å²) in [5.41, 5.74) is 3.63. The van der Waals surface area contributed by atoms with Crippen molar-refractivity contribution >= 4 is 21.7 Å². The second-order valence-corrected chi connectivity index (χ2v) is 14.1. The predicted molar refractivity (Wildman–Crippen MR) is 152 cm³/mol. The lowest BCUT2D eigenvalue weighted by Crippen LogP contribution is -2.44. The van der Waals surface area contributed by atoms with Crippen LogP contribution in [0.3, 0.4) is 0 Å². The van der Waals surface area contributed by atoms with E-state index in [9.17, 15) is 18.0 Å². The zero-order valence-electron chi connectivity index (χ0n) is 24.0. The molecule has 0 N–H and O–H groups in total. The van der Waals surface area contributed by atoms with Crippen LogP contribution in [0.4, 0.5) is 0 Å². The minimum atomic E-state index is -4.09. The molecule has 2 aliphatic carbocycles. The molecule has 0 unspecified atom stereocenters. The number of benzene rings is 2. The smallest absolute Gasteiger partial charge is 0.339 e. The Morgan fingerprint density at radius 3 is 1.88 bits per heavy atom. The van der Waals surface area contributed by atoms with Crippen LogP contribution in [0.25, 0.3) is 0 Å². The Morgan fingerprint density at radius 1 is 0.825 bits per heavy atom. The van der Waals surface area contributed by atoms with Crippen LogP contribution in [0, 0.1) is 10.8 Å². The van der Waals surface area contributed by atoms with Crippen LogP contribution in [0.1, 0.15) is 71.8 Å². The highest BCUT2D eigenvalue weighted by atomic mass is 32.2. The number of hydrogen-bond acceptors (Lipinski definition) is 7. The molecule has 0 fully saturated rings. The number of Topliss-reactive ketones (excluding diaryl/α,β-unsaturated/α-hetero) is 2. The van der Waals surface area contributed by atoms with Crippen molar-refractivity contribution in [2.24, 2.45) is 10.8 Å². The zero-order chi connectivity index (χ0) is 29.0. The number of nitrogens with zero attached hydrogens (tertiary/aromatic N) is 1. The SMILES string of the molecule is CCN1C2=C(C(=O)CC(C)(C)C2)C(c2ccc(OS(=O)(=O)c3ccccc3)c(OC)c2)C2=C1CC(C)(C)CC2=O. The highest BCUT2D eigenvalue weighted by Gasteiger charge is 2.48. The van der Waals surface area contributed by atoms with Gasteiger partial charge in [0.25, 0.3) is 0 Å². The lowest BCUT2D eigenvalue weighted by molar-refractivity contribution is -0.119. The van der Waals surface area contributed by atoms with Gasteiger partial charge in [0.1, 0.15) is 4.90 Å². The van der Waals surface area contributed by atoms with Crippen molar-refractivity contribution < 1.29 is 26.9 Å². The molecule has 1 heterocycles. The van der Waals surface area contributed by atoms with Gasteiger partial charge in [0.2, 0.25) is 0 Å². The van der Waals surface area contributed by atoms with Gasteiger partial charge in [0.15, 0.2) is 23.1 Å². The number of ketones is 2. The van der Waals surface area contributed by atoms with Crippen LogP contribution in [0.2, 0.25) is 0 Å². The van der Waals surface area contributed by atoms with Gasteiger partial charge in [0.05, 0.1) is 7.11 Å². The highest BCUT2D eigenvalue weighted by molar-refractivity contribution is 7.87. The van der Waals surface area contributed by atoms with Crippen molar-refractivity contribution in [1.82, 2.24) is 4.90 Å². The molecule has 0 bridgehead atoms. The third-order valence-electron chi connectivity index (χ3n) is 8.09. The summed E-state index contributed by atoms with van der Waals surface area (Å²) in [5.74, 6) is -0.202. The van der Waals surface area contributed by atoms with Gasteiger partial charge >= 0.3 is 10.1 Å². The van der Waals surface area contributed by atoms with E-state index in [-0.39, 0.29) is 38.8 Å². The first kappa shape index (κ1) is 28.1. The fourth-order valence-corrected chi connectivity index (χ4v) is 7.41. The van der Waals surface area contributed by atoms with E-state index in [4.69, 9.17) is 8.92 Å². The Balaban J connectivity index is 1.66. The van der Waals surface area contributed by atoms with Gasteiger partial charge < -0.3 is 13.8 Å². The van der Waals surface area contributed by atoms with Crippen LogP contribution >= 0.6 is 0 Å². The maximum atomic E-state index is 13.8. The lowest BCUT2D eigenvalue weighted by Gasteiger charge is -2.48. The van der Waals surface area contributed by atoms with Gasteiger partial charge in [-0.3, -0.25) is 9.59 Å². The quantitative estimate of drug-likeness (QED) is 0.388. The van der Waals surface area contributed by atoms with Crippen molar-refractivity contribution in [3.8, 4) is 11.5 Å². The molecule has 0 amide bonds. The van der Waals surface area contributed by atoms with Crippen LogP contribution in [-0.2, 0) is 19.7 Å². The van der Waals surface area contributed by atoms with Crippen LogP contribution in [0.15, 0.2) is 76.0 Å². The highest BCUT2D eigenvalue weighted by Crippen LogP contribution is 2.54. The summed E-state index contributed by atoms with van der Waals surface area (Å²) in [6, 6.07) is 12.9. The summed E-state index contributed by atoms with van der Waals surface area (Å²) in [4.78, 5) is 29.9. The van der Waals surface area contributed by atoms with Gasteiger partial charge in [-0.05, 0) is 60.4 Å². The van der Waals surface area contributed by atoms with Gasteiger partial charge in [-0.2, -0.15) is 8.42 Å². The molecule has 0 saturated heterocycles. The van der Waals surface area contributed by atoms with Crippen LogP contribution < -0.4 is 8.92 Å². The van der Waals surface area contributed by atoms with E-state index < -0.39 is 16.0 Å². The summed E-state index contributed by atoms with van der Waals surface area (Å²) >= 11 is 0. The van der Waals surface area contributed by atoms with Gasteiger partial charge in [-0.15, -0.1) is 0 Å². The monoisotopic (exact) mass is 563 g/mol. The van der Waals surface area contributed by atoms with E-state index in [1.54, 1.807) is 36.4 Å². The minimum absolute atomic E-state index is 0.0310. The van der Waals surface area contributed by atoms with E-state index >= 15 is 0 Å². The van der Waals surface area contributed by atoms with Crippen molar-refractivity contribution in [2.45, 2.75) is 71.1 Å². The molecule has 2 aromatic rings. The largest absolute Gasteiger partial charge is 0.493 e.